The van der Waals surface area contributed by atoms with Crippen LogP contribution in [0.5, 0.6) is 0 Å². The van der Waals surface area contributed by atoms with Crippen LogP contribution in [0.3, 0.4) is 0 Å². The first-order valence-corrected chi connectivity index (χ1v) is 5.20. The molecule has 0 unspecified atom stereocenters. The van der Waals surface area contributed by atoms with Crippen LogP contribution >= 0.6 is 0 Å². The number of hydrogen-bond donors (Lipinski definition) is 1. The fraction of sp³-hybridized carbons (Fsp3) is 0.833. The number of hydrogen-bond acceptors (Lipinski definition) is 2. The molecule has 0 aromatic heterocycles. The Hall–Kier alpha value is -0.500. The topological polar surface area (TPSA) is 35.2 Å². The summed E-state index contributed by atoms with van der Waals surface area (Å²) in [6.07, 6.45) is 4.30. The van der Waals surface area contributed by atoms with Gasteiger partial charge >= 0.3 is 0 Å². The minimum absolute atomic E-state index is 0. The fourth-order valence-electron chi connectivity index (χ4n) is 1.22. The highest BCUT2D eigenvalue weighted by atomic mass is 16.5. The highest BCUT2D eigenvalue weighted by Crippen LogP contribution is 2.11. The maximum atomic E-state index is 5.72. The van der Waals surface area contributed by atoms with Crippen molar-refractivity contribution >= 4 is 0 Å². The van der Waals surface area contributed by atoms with Gasteiger partial charge in [-0.1, -0.05) is 34.1 Å². The highest BCUT2D eigenvalue weighted by Gasteiger charge is 2.07. The summed E-state index contributed by atoms with van der Waals surface area (Å²) in [5, 5.41) is 0. The van der Waals surface area contributed by atoms with Gasteiger partial charge in [-0.2, -0.15) is 0 Å². The first kappa shape index (κ1) is 15.9. The molecule has 0 aromatic carbocycles. The minimum atomic E-state index is 0. The van der Waals surface area contributed by atoms with E-state index in [1.165, 1.54) is 12.8 Å². The number of nitrogens with two attached hydrogens (primary N) is 1. The Bertz CT molecular complexity index is 154. The molecule has 0 spiro atoms. The molecule has 0 radical (unpaired) electrons. The largest absolute Gasteiger partial charge is 0.496 e. The summed E-state index contributed by atoms with van der Waals surface area (Å²) in [6.45, 7) is 9.10. The fourth-order valence-corrected chi connectivity index (χ4v) is 1.22. The molecule has 1 atom stereocenters. The molecule has 0 aliphatic carbocycles. The van der Waals surface area contributed by atoms with Crippen molar-refractivity contribution in [1.82, 2.24) is 0 Å². The molecular weight excluding hydrogens is 174 g/mol. The summed E-state index contributed by atoms with van der Waals surface area (Å²) in [7, 11) is 0. The van der Waals surface area contributed by atoms with Crippen molar-refractivity contribution < 1.29 is 6.16 Å². The Morgan fingerprint density at radius 1 is 1.43 bits per heavy atom. The Morgan fingerprint density at radius 2 is 1.93 bits per heavy atom. The zero-order chi connectivity index (χ0) is 10.3. The molecule has 0 bridgehead atoms. The number of ether oxygens (including phenoxy) is 1. The molecule has 0 amide bonds. The third-order valence-corrected chi connectivity index (χ3v) is 2.37. The van der Waals surface area contributed by atoms with E-state index < -0.39 is 0 Å². The van der Waals surface area contributed by atoms with Crippen molar-refractivity contribution in [1.29, 1.82) is 0 Å². The average molecular weight is 203 g/mol. The van der Waals surface area contributed by atoms with E-state index in [1.54, 1.807) is 0 Å². The molecule has 14 heavy (non-hydrogen) atoms. The van der Waals surface area contributed by atoms with Crippen LogP contribution in [0.1, 0.15) is 49.4 Å². The van der Waals surface area contributed by atoms with E-state index >= 15 is 0 Å². The van der Waals surface area contributed by atoms with Gasteiger partial charge in [0.05, 0.1) is 12.6 Å². The maximum Gasteiger partial charge on any atom is 0.108 e. The second-order valence-electron chi connectivity index (χ2n) is 3.47. The van der Waals surface area contributed by atoms with Gasteiger partial charge in [0, 0.05) is 1.43 Å². The lowest BCUT2D eigenvalue weighted by molar-refractivity contribution is 0.148. The molecule has 0 aliphatic rings. The van der Waals surface area contributed by atoms with Crippen LogP contribution in [-0.2, 0) is 4.74 Å². The molecule has 0 aromatic rings. The van der Waals surface area contributed by atoms with E-state index in [-0.39, 0.29) is 14.9 Å². The Kier molecular flexibility index (Phi) is 10.3. The predicted molar refractivity (Wildman–Crippen MR) is 66.3 cm³/mol. The zero-order valence-electron chi connectivity index (χ0n) is 9.34. The number of allylic oxidation sites excluding steroid dienone is 1. The smallest absolute Gasteiger partial charge is 0.108 e. The third-order valence-electron chi connectivity index (χ3n) is 2.37. The van der Waals surface area contributed by atoms with Gasteiger partial charge in [-0.05, 0) is 25.8 Å². The Labute approximate surface area is 91.0 Å². The standard InChI is InChI=1S/C11H23NO.CH4.H2/c1-5-10(6-2)8-13-11(7-3)9(4)12;;/h7,9-10H,5-6,8,12H2,1-4H3;1H4;1H/b11-7+;;/t9-;;/m0../s1. The lowest BCUT2D eigenvalue weighted by Gasteiger charge is -2.17. The van der Waals surface area contributed by atoms with Gasteiger partial charge in [0.25, 0.3) is 0 Å². The molecule has 2 nitrogen and oxygen atoms in total. The highest BCUT2D eigenvalue weighted by molar-refractivity contribution is 4.98. The van der Waals surface area contributed by atoms with E-state index in [2.05, 4.69) is 13.8 Å². The minimum Gasteiger partial charge on any atom is -0.496 e. The van der Waals surface area contributed by atoms with Crippen LogP contribution in [0.2, 0.25) is 0 Å². The molecule has 2 heteroatoms. The summed E-state index contributed by atoms with van der Waals surface area (Å²) in [6, 6.07) is 0.0133. The van der Waals surface area contributed by atoms with Gasteiger partial charge in [-0.25, -0.2) is 0 Å². The summed E-state index contributed by atoms with van der Waals surface area (Å²) < 4.78 is 5.63. The van der Waals surface area contributed by atoms with E-state index in [4.69, 9.17) is 10.5 Å². The van der Waals surface area contributed by atoms with E-state index in [0.717, 1.165) is 12.4 Å². The van der Waals surface area contributed by atoms with Crippen molar-refractivity contribution in [3.05, 3.63) is 11.8 Å². The molecule has 0 saturated heterocycles. The molecule has 0 saturated carbocycles. The monoisotopic (exact) mass is 203 g/mol. The maximum absolute atomic E-state index is 5.72. The van der Waals surface area contributed by atoms with Crippen LogP contribution in [0, 0.1) is 5.92 Å². The van der Waals surface area contributed by atoms with Gasteiger partial charge < -0.3 is 10.5 Å². The first-order valence-electron chi connectivity index (χ1n) is 5.20. The van der Waals surface area contributed by atoms with Crippen LogP contribution < -0.4 is 5.73 Å². The van der Waals surface area contributed by atoms with Gasteiger partial charge in [-0.15, -0.1) is 0 Å². The normalized spacial score (nSPS) is 13.7. The van der Waals surface area contributed by atoms with Crippen molar-refractivity contribution in [3.63, 3.8) is 0 Å². The molecule has 0 aliphatic heterocycles. The molecule has 0 rings (SSSR count). The van der Waals surface area contributed by atoms with E-state index in [9.17, 15) is 0 Å². The predicted octanol–water partition coefficient (Wildman–Crippen LogP) is 3.57. The van der Waals surface area contributed by atoms with Crippen LogP contribution in [0.15, 0.2) is 11.8 Å². The Morgan fingerprint density at radius 3 is 2.21 bits per heavy atom. The second kappa shape index (κ2) is 9.07. The molecule has 0 fully saturated rings. The average Bonchev–Trinajstić information content (AvgIpc) is 2.12. The van der Waals surface area contributed by atoms with Gasteiger partial charge in [-0.3, -0.25) is 0 Å². The van der Waals surface area contributed by atoms with Crippen molar-refractivity contribution in [3.8, 4) is 0 Å². The molecule has 88 valence electrons. The molecule has 0 heterocycles. The lowest BCUT2D eigenvalue weighted by atomic mass is 10.1. The first-order chi connectivity index (χ1) is 6.15. The summed E-state index contributed by atoms with van der Waals surface area (Å²) in [4.78, 5) is 0. The summed E-state index contributed by atoms with van der Waals surface area (Å²) in [5.41, 5.74) is 5.72. The zero-order valence-corrected chi connectivity index (χ0v) is 9.34. The third kappa shape index (κ3) is 6.03. The van der Waals surface area contributed by atoms with Crippen LogP contribution in [0.4, 0.5) is 0 Å². The van der Waals surface area contributed by atoms with E-state index in [1.807, 2.05) is 19.9 Å². The quantitative estimate of drug-likeness (QED) is 0.670. The van der Waals surface area contributed by atoms with Gasteiger partial charge in [0.2, 0.25) is 0 Å². The molecular formula is C12H29NO. The number of rotatable bonds is 6. The lowest BCUT2D eigenvalue weighted by Crippen LogP contribution is -2.21. The van der Waals surface area contributed by atoms with Gasteiger partial charge in [0.15, 0.2) is 0 Å². The van der Waals surface area contributed by atoms with E-state index in [0.29, 0.717) is 5.92 Å². The summed E-state index contributed by atoms with van der Waals surface area (Å²) >= 11 is 0. The van der Waals surface area contributed by atoms with Crippen molar-refractivity contribution in [2.75, 3.05) is 6.61 Å². The van der Waals surface area contributed by atoms with Crippen molar-refractivity contribution in [2.24, 2.45) is 11.7 Å². The SMILES string of the molecule is C.C/C=C(/OCC(CC)CC)[C@H](C)N.[HH]. The second-order valence-corrected chi connectivity index (χ2v) is 3.47. The van der Waals surface area contributed by atoms with Gasteiger partial charge in [0.1, 0.15) is 5.76 Å². The van der Waals surface area contributed by atoms with Crippen LogP contribution in [-0.4, -0.2) is 12.6 Å². The van der Waals surface area contributed by atoms with Crippen LogP contribution in [0.25, 0.3) is 0 Å². The summed E-state index contributed by atoms with van der Waals surface area (Å²) in [5.74, 6) is 1.57. The molecule has 2 N–H and O–H groups in total. The Balaban J connectivity index is -0.000000720. The van der Waals surface area contributed by atoms with Crippen molar-refractivity contribution in [2.45, 2.75) is 54.0 Å².